The van der Waals surface area contributed by atoms with Crippen molar-refractivity contribution >= 4 is 28.3 Å². The fourth-order valence-electron chi connectivity index (χ4n) is 3.53. The van der Waals surface area contributed by atoms with Crippen molar-refractivity contribution in [3.63, 3.8) is 0 Å². The Hall–Kier alpha value is -1.15. The van der Waals surface area contributed by atoms with Crippen LogP contribution in [0, 0.1) is 0 Å². The largest absolute Gasteiger partial charge is 0.352 e. The van der Waals surface area contributed by atoms with Gasteiger partial charge in [0.05, 0.1) is 4.90 Å². The minimum Gasteiger partial charge on any atom is -0.352 e. The summed E-state index contributed by atoms with van der Waals surface area (Å²) in [6, 6.07) is 5.52. The Morgan fingerprint density at radius 1 is 1.15 bits per heavy atom. The van der Waals surface area contributed by atoms with Crippen molar-refractivity contribution in [2.24, 2.45) is 0 Å². The predicted octanol–water partition coefficient (Wildman–Crippen LogP) is 1.52. The standard InChI is InChI=1S/C18H27N3O3S.ClH/c22-18(21-16-6-3-10-19-13-16)9-11-20-25(23,24)17-8-7-14-4-1-2-5-15(14)12-17;/h7-8,12,16,19-20H,1-6,9-11,13H2,(H,21,22);1H/t16-;/m0./s1. The molecule has 3 N–H and O–H groups in total. The molecule has 6 nitrogen and oxygen atoms in total. The average Bonchev–Trinajstić information content (AvgIpc) is 2.62. The highest BCUT2D eigenvalue weighted by atomic mass is 35.5. The fourth-order valence-corrected chi connectivity index (χ4v) is 4.62. The van der Waals surface area contributed by atoms with E-state index in [1.807, 2.05) is 6.07 Å². The van der Waals surface area contributed by atoms with E-state index in [2.05, 4.69) is 15.4 Å². The Kier molecular flexibility index (Phi) is 7.88. The van der Waals surface area contributed by atoms with E-state index in [0.717, 1.165) is 50.8 Å². The summed E-state index contributed by atoms with van der Waals surface area (Å²) in [4.78, 5) is 12.2. The van der Waals surface area contributed by atoms with Crippen molar-refractivity contribution in [2.45, 2.75) is 55.9 Å². The van der Waals surface area contributed by atoms with Gasteiger partial charge in [0.25, 0.3) is 0 Å². The minimum absolute atomic E-state index is 0. The number of aryl methyl sites for hydroxylation is 2. The monoisotopic (exact) mass is 401 g/mol. The maximum absolute atomic E-state index is 12.4. The van der Waals surface area contributed by atoms with Crippen LogP contribution in [0.5, 0.6) is 0 Å². The number of nitrogens with one attached hydrogen (secondary N) is 3. The van der Waals surface area contributed by atoms with Gasteiger partial charge in [0, 0.05) is 25.6 Å². The topological polar surface area (TPSA) is 87.3 Å². The van der Waals surface area contributed by atoms with Gasteiger partial charge in [0.15, 0.2) is 0 Å². The molecule has 0 radical (unpaired) electrons. The number of benzene rings is 1. The van der Waals surface area contributed by atoms with E-state index in [9.17, 15) is 13.2 Å². The van der Waals surface area contributed by atoms with Gasteiger partial charge in [-0.1, -0.05) is 6.07 Å². The Labute approximate surface area is 162 Å². The molecule has 1 aromatic carbocycles. The van der Waals surface area contributed by atoms with Gasteiger partial charge < -0.3 is 10.6 Å². The van der Waals surface area contributed by atoms with Gasteiger partial charge in [0.1, 0.15) is 0 Å². The highest BCUT2D eigenvalue weighted by Gasteiger charge is 2.19. The van der Waals surface area contributed by atoms with Crippen molar-refractivity contribution < 1.29 is 13.2 Å². The summed E-state index contributed by atoms with van der Waals surface area (Å²) in [5.41, 5.74) is 2.39. The van der Waals surface area contributed by atoms with Crippen LogP contribution in [-0.4, -0.2) is 40.0 Å². The van der Waals surface area contributed by atoms with Crippen LogP contribution in [0.4, 0.5) is 0 Å². The molecule has 8 heteroatoms. The van der Waals surface area contributed by atoms with Crippen LogP contribution in [0.1, 0.15) is 43.2 Å². The second kappa shape index (κ2) is 9.69. The quantitative estimate of drug-likeness (QED) is 0.674. The summed E-state index contributed by atoms with van der Waals surface area (Å²) < 4.78 is 27.4. The van der Waals surface area contributed by atoms with Crippen LogP contribution >= 0.6 is 12.4 Å². The zero-order chi connectivity index (χ0) is 17.7. The smallest absolute Gasteiger partial charge is 0.240 e. The summed E-state index contributed by atoms with van der Waals surface area (Å²) in [7, 11) is -3.56. The van der Waals surface area contributed by atoms with Crippen molar-refractivity contribution in [1.82, 2.24) is 15.4 Å². The van der Waals surface area contributed by atoms with Gasteiger partial charge >= 0.3 is 0 Å². The summed E-state index contributed by atoms with van der Waals surface area (Å²) in [6.45, 7) is 1.89. The molecule has 1 aliphatic heterocycles. The molecule has 3 rings (SSSR count). The van der Waals surface area contributed by atoms with Crippen molar-refractivity contribution in [2.75, 3.05) is 19.6 Å². The first-order valence-electron chi connectivity index (χ1n) is 9.16. The first-order valence-corrected chi connectivity index (χ1v) is 10.6. The number of hydrogen-bond donors (Lipinski definition) is 3. The highest BCUT2D eigenvalue weighted by Crippen LogP contribution is 2.23. The van der Waals surface area contributed by atoms with Gasteiger partial charge in [-0.2, -0.15) is 0 Å². The van der Waals surface area contributed by atoms with Crippen molar-refractivity contribution in [1.29, 1.82) is 0 Å². The molecular weight excluding hydrogens is 374 g/mol. The van der Waals surface area contributed by atoms with Crippen LogP contribution in [-0.2, 0) is 27.7 Å². The van der Waals surface area contributed by atoms with Crippen LogP contribution in [0.3, 0.4) is 0 Å². The molecule has 1 fully saturated rings. The minimum atomic E-state index is -3.56. The third-order valence-electron chi connectivity index (χ3n) is 4.94. The van der Waals surface area contributed by atoms with E-state index in [1.54, 1.807) is 12.1 Å². The third-order valence-corrected chi connectivity index (χ3v) is 6.40. The lowest BCUT2D eigenvalue weighted by Crippen LogP contribution is -2.46. The van der Waals surface area contributed by atoms with E-state index < -0.39 is 10.0 Å². The van der Waals surface area contributed by atoms with Crippen molar-refractivity contribution in [3.8, 4) is 0 Å². The molecule has 0 bridgehead atoms. The van der Waals surface area contributed by atoms with Gasteiger partial charge in [0.2, 0.25) is 15.9 Å². The molecule has 1 aromatic rings. The molecule has 0 saturated carbocycles. The number of fused-ring (bicyclic) bond motifs is 1. The average molecular weight is 402 g/mol. The summed E-state index contributed by atoms with van der Waals surface area (Å²) in [6.07, 6.45) is 6.43. The normalized spacial score (nSPS) is 19.9. The Morgan fingerprint density at radius 2 is 1.92 bits per heavy atom. The number of amides is 1. The van der Waals surface area contributed by atoms with Crippen LogP contribution in [0.25, 0.3) is 0 Å². The third kappa shape index (κ3) is 5.67. The molecule has 1 saturated heterocycles. The predicted molar refractivity (Wildman–Crippen MR) is 104 cm³/mol. The van der Waals surface area contributed by atoms with E-state index in [1.165, 1.54) is 12.0 Å². The lowest BCUT2D eigenvalue weighted by atomic mass is 9.92. The van der Waals surface area contributed by atoms with Gasteiger partial charge in [-0.05, 0) is 68.3 Å². The number of carbonyl (C=O) groups excluding carboxylic acids is 1. The molecule has 146 valence electrons. The van der Waals surface area contributed by atoms with E-state index in [-0.39, 0.29) is 37.3 Å². The zero-order valence-corrected chi connectivity index (χ0v) is 16.6. The molecule has 0 aromatic heterocycles. The van der Waals surface area contributed by atoms with Crippen LogP contribution < -0.4 is 15.4 Å². The Balaban J connectivity index is 0.00000243. The van der Waals surface area contributed by atoms with Crippen LogP contribution in [0.2, 0.25) is 0 Å². The van der Waals surface area contributed by atoms with Crippen LogP contribution in [0.15, 0.2) is 23.1 Å². The first kappa shape index (κ1) is 21.2. The lowest BCUT2D eigenvalue weighted by Gasteiger charge is -2.23. The molecule has 0 spiro atoms. The molecule has 1 atom stereocenters. The molecule has 26 heavy (non-hydrogen) atoms. The molecule has 1 aliphatic carbocycles. The SMILES string of the molecule is Cl.O=C(CCNS(=O)(=O)c1ccc2c(c1)CCCC2)N[C@H]1CCCNC1. The Morgan fingerprint density at radius 3 is 2.65 bits per heavy atom. The lowest BCUT2D eigenvalue weighted by molar-refractivity contribution is -0.121. The zero-order valence-electron chi connectivity index (χ0n) is 14.9. The summed E-state index contributed by atoms with van der Waals surface area (Å²) >= 11 is 0. The van der Waals surface area contributed by atoms with Gasteiger partial charge in [-0.3, -0.25) is 4.79 Å². The number of hydrogen-bond acceptors (Lipinski definition) is 4. The van der Waals surface area contributed by atoms with Gasteiger partial charge in [-0.15, -0.1) is 12.4 Å². The first-order chi connectivity index (χ1) is 12.0. The number of halogens is 1. The second-order valence-electron chi connectivity index (χ2n) is 6.90. The Bertz CT molecular complexity index is 718. The second-order valence-corrected chi connectivity index (χ2v) is 8.66. The highest BCUT2D eigenvalue weighted by molar-refractivity contribution is 7.89. The number of rotatable bonds is 6. The van der Waals surface area contributed by atoms with E-state index in [4.69, 9.17) is 0 Å². The number of carbonyl (C=O) groups is 1. The molecule has 2 aliphatic rings. The summed E-state index contributed by atoms with van der Waals surface area (Å²) in [5.74, 6) is -0.109. The fraction of sp³-hybridized carbons (Fsp3) is 0.611. The van der Waals surface area contributed by atoms with E-state index >= 15 is 0 Å². The number of piperidine rings is 1. The summed E-state index contributed by atoms with van der Waals surface area (Å²) in [5, 5.41) is 6.19. The molecular formula is C18H28ClN3O3S. The molecule has 1 amide bonds. The van der Waals surface area contributed by atoms with E-state index in [0.29, 0.717) is 4.90 Å². The number of sulfonamides is 1. The molecule has 0 unspecified atom stereocenters. The maximum atomic E-state index is 12.4. The maximum Gasteiger partial charge on any atom is 0.240 e. The van der Waals surface area contributed by atoms with Gasteiger partial charge in [-0.25, -0.2) is 13.1 Å². The van der Waals surface area contributed by atoms with Crippen molar-refractivity contribution in [3.05, 3.63) is 29.3 Å². The molecule has 1 heterocycles.